The number of rotatable bonds is 0. The smallest absolute Gasteiger partial charge is 1.00 e. The van der Waals surface area contributed by atoms with Crippen molar-refractivity contribution in [3.8, 4) is 0 Å². The fraction of sp³-hybridized carbons (Fsp3) is 0. The molecular weight excluding hydrogens is 207 g/mol. The quantitative estimate of drug-likeness (QED) is 0.363. The van der Waals surface area contributed by atoms with Gasteiger partial charge in [-0.1, -0.05) is 17.2 Å². The first-order valence-corrected chi connectivity index (χ1v) is 2.38. The summed E-state index contributed by atoms with van der Waals surface area (Å²) in [6.45, 7) is 0. The van der Waals surface area contributed by atoms with Crippen LogP contribution in [0.4, 0.5) is 0 Å². The van der Waals surface area contributed by atoms with Crippen LogP contribution in [0.2, 0.25) is 0 Å². The van der Waals surface area contributed by atoms with Gasteiger partial charge in [-0.2, -0.15) is 0 Å². The third-order valence-electron chi connectivity index (χ3n) is 0.638. The fourth-order valence-electron chi connectivity index (χ4n) is 0.347. The first kappa shape index (κ1) is 12.0. The molecule has 0 bridgehead atoms. The number of nitrogens with zero attached hydrogens (tertiary/aromatic N) is 1. The Labute approximate surface area is 78.8 Å². The third kappa shape index (κ3) is 4.77. The zero-order valence-corrected chi connectivity index (χ0v) is 9.29. The van der Waals surface area contributed by atoms with Crippen LogP contribution in [0.25, 0.3) is 0 Å². The molecule has 0 atom stereocenters. The molecule has 0 fully saturated rings. The minimum atomic E-state index is 0. The molecule has 0 aromatic carbocycles. The number of pyridine rings is 1. The minimum absolute atomic E-state index is 0. The Balaban J connectivity index is 0. The maximum absolute atomic E-state index is 4.70. The molecule has 0 radical (unpaired) electrons. The molecule has 1 heterocycles. The summed E-state index contributed by atoms with van der Waals surface area (Å²) in [5, 5.41) is 0.655. The van der Waals surface area contributed by atoms with Gasteiger partial charge in [-0.05, 0) is 6.07 Å². The van der Waals surface area contributed by atoms with Gasteiger partial charge >= 0.3 is 19.5 Å². The molecule has 0 saturated heterocycles. The average Bonchev–Trinajstić information content (AvgIpc) is 1.69. The molecule has 0 amide bonds. The first-order valence-electron chi connectivity index (χ1n) is 1.97. The van der Waals surface area contributed by atoms with Gasteiger partial charge in [0.05, 0.1) is 0 Å². The molecule has 4 heteroatoms. The molecule has 0 saturated carbocycles. The second kappa shape index (κ2) is 6.40. The van der Waals surface area contributed by atoms with Crippen molar-refractivity contribution in [1.29, 1.82) is 0 Å². The minimum Gasteiger partial charge on any atom is -1.00 e. The summed E-state index contributed by atoms with van der Waals surface area (Å²) in [4.78, 5) is 3.79. The number of halogens is 1. The zero-order valence-electron chi connectivity index (χ0n) is 4.75. The largest absolute Gasteiger partial charge is 2.00 e. The summed E-state index contributed by atoms with van der Waals surface area (Å²) in [7, 11) is 0. The van der Waals surface area contributed by atoms with Crippen LogP contribution in [0.5, 0.6) is 0 Å². The van der Waals surface area contributed by atoms with Crippen molar-refractivity contribution in [3.05, 3.63) is 24.4 Å². The number of hydrogen-bond donors (Lipinski definition) is 0. The maximum Gasteiger partial charge on any atom is 2.00 e. The Morgan fingerprint density at radius 1 is 1.33 bits per heavy atom. The van der Waals surface area contributed by atoms with Crippen molar-refractivity contribution in [2.45, 2.75) is 5.03 Å². The van der Waals surface area contributed by atoms with E-state index in [1.165, 1.54) is 0 Å². The van der Waals surface area contributed by atoms with Crippen molar-refractivity contribution in [1.82, 2.24) is 4.98 Å². The molecule has 0 N–H and O–H groups in total. The van der Waals surface area contributed by atoms with Gasteiger partial charge in [0, 0.05) is 6.20 Å². The SMILES string of the molecule is [Cl-].[S-]c1ccccn1.[Zn+2]. The van der Waals surface area contributed by atoms with Crippen molar-refractivity contribution in [2.24, 2.45) is 0 Å². The molecule has 1 aromatic rings. The molecule has 1 aromatic heterocycles. The third-order valence-corrected chi connectivity index (χ3v) is 0.879. The summed E-state index contributed by atoms with van der Waals surface area (Å²) in [6.07, 6.45) is 1.68. The second-order valence-corrected chi connectivity index (χ2v) is 1.59. The first-order chi connectivity index (χ1) is 3.39. The maximum atomic E-state index is 4.70. The van der Waals surface area contributed by atoms with E-state index in [9.17, 15) is 0 Å². The van der Waals surface area contributed by atoms with Crippen LogP contribution in [0.1, 0.15) is 0 Å². The van der Waals surface area contributed by atoms with Crippen LogP contribution in [0, 0.1) is 0 Å². The van der Waals surface area contributed by atoms with Gasteiger partial charge in [-0.15, -0.1) is 0 Å². The fourth-order valence-corrected chi connectivity index (χ4v) is 0.487. The van der Waals surface area contributed by atoms with E-state index in [1.807, 2.05) is 12.1 Å². The van der Waals surface area contributed by atoms with Gasteiger partial charge in [0.1, 0.15) is 0 Å². The van der Waals surface area contributed by atoms with Gasteiger partial charge in [-0.25, -0.2) is 0 Å². The molecule has 0 spiro atoms. The summed E-state index contributed by atoms with van der Waals surface area (Å²) >= 11 is 4.70. The van der Waals surface area contributed by atoms with E-state index in [0.29, 0.717) is 5.03 Å². The van der Waals surface area contributed by atoms with Gasteiger partial charge in [-0.3, -0.25) is 4.98 Å². The van der Waals surface area contributed by atoms with Crippen molar-refractivity contribution < 1.29 is 31.9 Å². The van der Waals surface area contributed by atoms with Crippen LogP contribution in [-0.2, 0) is 32.1 Å². The summed E-state index contributed by atoms with van der Waals surface area (Å²) < 4.78 is 0. The van der Waals surface area contributed by atoms with Crippen molar-refractivity contribution >= 4 is 12.6 Å². The molecule has 0 unspecified atom stereocenters. The van der Waals surface area contributed by atoms with E-state index in [-0.39, 0.29) is 31.9 Å². The molecule has 9 heavy (non-hydrogen) atoms. The van der Waals surface area contributed by atoms with Crippen LogP contribution >= 0.6 is 0 Å². The van der Waals surface area contributed by atoms with E-state index in [0.717, 1.165) is 0 Å². The van der Waals surface area contributed by atoms with Crippen LogP contribution in [0.15, 0.2) is 29.4 Å². The Hall–Kier alpha value is 0.283. The van der Waals surface area contributed by atoms with E-state index < -0.39 is 0 Å². The van der Waals surface area contributed by atoms with Crippen LogP contribution < -0.4 is 12.4 Å². The van der Waals surface area contributed by atoms with Crippen LogP contribution in [-0.4, -0.2) is 4.98 Å². The standard InChI is InChI=1S/C5H5NS.ClH.Zn/c7-5-3-1-2-4-6-5;;/h1-4H,(H,6,7);1H;/q;;+2/p-2. The second-order valence-electron chi connectivity index (χ2n) is 1.17. The Bertz CT molecular complexity index is 147. The monoisotopic (exact) mass is 209 g/mol. The zero-order chi connectivity index (χ0) is 5.11. The molecule has 0 aliphatic heterocycles. The number of aromatic nitrogens is 1. The molecule has 1 nitrogen and oxygen atoms in total. The summed E-state index contributed by atoms with van der Waals surface area (Å²) in [5.74, 6) is 0. The molecule has 0 aliphatic carbocycles. The van der Waals surface area contributed by atoms with E-state index >= 15 is 0 Å². The topological polar surface area (TPSA) is 12.9 Å². The Morgan fingerprint density at radius 3 is 2.22 bits per heavy atom. The van der Waals surface area contributed by atoms with Gasteiger partial charge in [0.25, 0.3) is 0 Å². The molecule has 44 valence electrons. The average molecular weight is 211 g/mol. The van der Waals surface area contributed by atoms with Crippen molar-refractivity contribution in [2.75, 3.05) is 0 Å². The van der Waals surface area contributed by atoms with Gasteiger partial charge in [0.15, 0.2) is 0 Å². The Morgan fingerprint density at radius 2 is 2.00 bits per heavy atom. The predicted molar refractivity (Wildman–Crippen MR) is 29.9 cm³/mol. The normalized spacial score (nSPS) is 6.67. The van der Waals surface area contributed by atoms with E-state index in [1.54, 1.807) is 12.3 Å². The van der Waals surface area contributed by atoms with Crippen LogP contribution in [0.3, 0.4) is 0 Å². The molecular formula is C5H4ClNSZn. The van der Waals surface area contributed by atoms with Gasteiger partial charge in [0.2, 0.25) is 0 Å². The summed E-state index contributed by atoms with van der Waals surface area (Å²) in [6, 6.07) is 5.50. The molecule has 1 rings (SSSR count). The molecule has 0 aliphatic rings. The van der Waals surface area contributed by atoms with Crippen molar-refractivity contribution in [3.63, 3.8) is 0 Å². The van der Waals surface area contributed by atoms with E-state index in [2.05, 4.69) is 4.98 Å². The summed E-state index contributed by atoms with van der Waals surface area (Å²) in [5.41, 5.74) is 0. The predicted octanol–water partition coefficient (Wildman–Crippen LogP) is -2.01. The number of hydrogen-bond acceptors (Lipinski definition) is 2. The van der Waals surface area contributed by atoms with Gasteiger partial charge < -0.3 is 25.0 Å². The Kier molecular flexibility index (Phi) is 8.54. The van der Waals surface area contributed by atoms with E-state index in [4.69, 9.17) is 12.6 Å².